The molecule has 0 aromatic heterocycles. The first-order valence-corrected chi connectivity index (χ1v) is 10.5. The summed E-state index contributed by atoms with van der Waals surface area (Å²) in [5, 5.41) is 22.9. The van der Waals surface area contributed by atoms with Crippen LogP contribution in [0.15, 0.2) is 0 Å². The molecule has 0 aliphatic rings. The molecule has 0 unspecified atom stereocenters. The predicted octanol–water partition coefficient (Wildman–Crippen LogP) is 2.36. The van der Waals surface area contributed by atoms with Crippen molar-refractivity contribution in [3.8, 4) is 0 Å². The Bertz CT molecular complexity index is 814. The highest BCUT2D eigenvalue weighted by molar-refractivity contribution is 14.1. The molecule has 0 saturated carbocycles. The lowest BCUT2D eigenvalue weighted by atomic mass is 10.1. The molecule has 0 radical (unpaired) electrons. The van der Waals surface area contributed by atoms with Gasteiger partial charge in [-0.25, -0.2) is 4.79 Å². The Labute approximate surface area is 199 Å². The van der Waals surface area contributed by atoms with Crippen molar-refractivity contribution >= 4 is 109 Å². The van der Waals surface area contributed by atoms with Crippen molar-refractivity contribution in [2.24, 2.45) is 5.92 Å². The van der Waals surface area contributed by atoms with Crippen LogP contribution in [0.3, 0.4) is 0 Å². The third-order valence-electron chi connectivity index (χ3n) is 3.10. The number of carbonyl (C=O) groups excluding carboxylic acids is 3. The molecular formula is C15H13I3N2O8. The fourth-order valence-corrected chi connectivity index (χ4v) is 6.04. The Balaban J connectivity index is 3.45. The fraction of sp³-hybridized carbons (Fsp3) is 0.267. The molecule has 0 spiro atoms. The van der Waals surface area contributed by atoms with Gasteiger partial charge < -0.3 is 25.6 Å². The van der Waals surface area contributed by atoms with E-state index in [0.717, 1.165) is 0 Å². The highest BCUT2D eigenvalue weighted by Gasteiger charge is 2.30. The molecule has 13 heteroatoms. The number of amides is 2. The lowest BCUT2D eigenvalue weighted by Gasteiger charge is -2.19. The van der Waals surface area contributed by atoms with Gasteiger partial charge in [-0.2, -0.15) is 0 Å². The predicted molar refractivity (Wildman–Crippen MR) is 122 cm³/mol. The first kappa shape index (κ1) is 24.8. The summed E-state index contributed by atoms with van der Waals surface area (Å²) in [5.74, 6) is -7.04. The Kier molecular flexibility index (Phi) is 9.31. The van der Waals surface area contributed by atoms with Gasteiger partial charge in [0, 0.05) is 13.8 Å². The molecule has 2 amide bonds. The Hall–Kier alpha value is -1.24. The number of nitrogens with one attached hydrogen (secondary N) is 2. The van der Waals surface area contributed by atoms with E-state index < -0.39 is 42.2 Å². The van der Waals surface area contributed by atoms with Crippen LogP contribution in [0.5, 0.6) is 0 Å². The summed E-state index contributed by atoms with van der Waals surface area (Å²) in [6, 6.07) is 0. The van der Waals surface area contributed by atoms with Crippen molar-refractivity contribution in [1.82, 2.24) is 0 Å². The minimum atomic E-state index is -1.92. The van der Waals surface area contributed by atoms with E-state index in [9.17, 15) is 24.0 Å². The van der Waals surface area contributed by atoms with E-state index in [1.165, 1.54) is 13.8 Å². The van der Waals surface area contributed by atoms with Crippen LogP contribution in [0, 0.1) is 16.6 Å². The maximum atomic E-state index is 12.6. The standard InChI is InChI=1S/C15H13I3N2O8/c1-4(21)19-11-8(16)7(9(17)12(10(11)18)20-5(2)22)15(27)28-3-6(13(23)24)14(25)26/h6H,3H2,1-2H3,(H,19,21)(H,20,22)(H,23,24)(H,25,26). The van der Waals surface area contributed by atoms with Crippen molar-refractivity contribution in [2.75, 3.05) is 17.2 Å². The molecule has 0 saturated heterocycles. The van der Waals surface area contributed by atoms with Crippen LogP contribution in [0.2, 0.25) is 0 Å². The van der Waals surface area contributed by atoms with E-state index in [4.69, 9.17) is 14.9 Å². The summed E-state index contributed by atoms with van der Waals surface area (Å²) >= 11 is 5.51. The number of anilines is 2. The molecule has 0 aliphatic carbocycles. The van der Waals surface area contributed by atoms with Crippen molar-refractivity contribution in [3.05, 3.63) is 16.3 Å². The molecule has 1 rings (SSSR count). The number of carboxylic acids is 2. The minimum Gasteiger partial charge on any atom is -0.481 e. The average molecular weight is 730 g/mol. The van der Waals surface area contributed by atoms with Crippen LogP contribution >= 0.6 is 67.8 Å². The SMILES string of the molecule is CC(=O)Nc1c(I)c(NC(C)=O)c(I)c(C(=O)OCC(C(=O)O)C(=O)O)c1I. The van der Waals surface area contributed by atoms with Crippen LogP contribution in [0.4, 0.5) is 11.4 Å². The van der Waals surface area contributed by atoms with Crippen molar-refractivity contribution in [2.45, 2.75) is 13.8 Å². The van der Waals surface area contributed by atoms with Crippen LogP contribution in [0.1, 0.15) is 24.2 Å². The second kappa shape index (κ2) is 10.5. The topological polar surface area (TPSA) is 159 Å². The number of ether oxygens (including phenoxy) is 1. The van der Waals surface area contributed by atoms with Gasteiger partial charge in [0.15, 0.2) is 5.92 Å². The molecule has 4 N–H and O–H groups in total. The van der Waals surface area contributed by atoms with Crippen molar-refractivity contribution in [1.29, 1.82) is 0 Å². The molecule has 1 aromatic carbocycles. The minimum absolute atomic E-state index is 0.0383. The number of carboxylic acid groups (broad SMARTS) is 2. The van der Waals surface area contributed by atoms with Crippen molar-refractivity contribution in [3.63, 3.8) is 0 Å². The molecule has 0 fully saturated rings. The summed E-state index contributed by atoms with van der Waals surface area (Å²) < 4.78 is 5.96. The highest BCUT2D eigenvalue weighted by atomic mass is 127. The Morgan fingerprint density at radius 3 is 1.57 bits per heavy atom. The Morgan fingerprint density at radius 1 is 0.857 bits per heavy atom. The zero-order chi connectivity index (χ0) is 21.8. The number of carbonyl (C=O) groups is 5. The van der Waals surface area contributed by atoms with Crippen LogP contribution < -0.4 is 10.6 Å². The number of benzene rings is 1. The third kappa shape index (κ3) is 6.13. The quantitative estimate of drug-likeness (QED) is 0.189. The molecule has 152 valence electrons. The molecule has 28 heavy (non-hydrogen) atoms. The molecule has 0 atom stereocenters. The summed E-state index contributed by atoms with van der Waals surface area (Å²) in [7, 11) is 0. The van der Waals surface area contributed by atoms with Gasteiger partial charge in [-0.1, -0.05) is 0 Å². The lowest BCUT2D eigenvalue weighted by Crippen LogP contribution is -2.29. The number of hydrogen-bond donors (Lipinski definition) is 4. The molecule has 1 aromatic rings. The summed E-state index contributed by atoms with van der Waals surface area (Å²) in [6.07, 6.45) is 0. The normalized spacial score (nSPS) is 10.4. The molecule has 10 nitrogen and oxygen atoms in total. The lowest BCUT2D eigenvalue weighted by molar-refractivity contribution is -0.156. The van der Waals surface area contributed by atoms with Gasteiger partial charge in [0.2, 0.25) is 11.8 Å². The van der Waals surface area contributed by atoms with Crippen LogP contribution in [-0.4, -0.2) is 46.5 Å². The van der Waals surface area contributed by atoms with E-state index in [1.54, 1.807) is 45.2 Å². The van der Waals surface area contributed by atoms with Gasteiger partial charge in [0.05, 0.1) is 27.6 Å². The Morgan fingerprint density at radius 2 is 1.25 bits per heavy atom. The van der Waals surface area contributed by atoms with E-state index in [2.05, 4.69) is 10.6 Å². The maximum Gasteiger partial charge on any atom is 0.340 e. The van der Waals surface area contributed by atoms with Gasteiger partial charge in [0.25, 0.3) is 0 Å². The zero-order valence-electron chi connectivity index (χ0n) is 14.3. The van der Waals surface area contributed by atoms with Gasteiger partial charge in [-0.3, -0.25) is 19.2 Å². The fourth-order valence-electron chi connectivity index (χ4n) is 1.89. The number of esters is 1. The van der Waals surface area contributed by atoms with Gasteiger partial charge in [0.1, 0.15) is 6.61 Å². The highest BCUT2D eigenvalue weighted by Crippen LogP contribution is 2.39. The van der Waals surface area contributed by atoms with E-state index >= 15 is 0 Å². The summed E-state index contributed by atoms with van der Waals surface area (Å²) in [6.45, 7) is 1.65. The maximum absolute atomic E-state index is 12.6. The summed E-state index contributed by atoms with van der Waals surface area (Å²) in [5.41, 5.74) is 0.485. The molecule has 0 bridgehead atoms. The number of rotatable bonds is 7. The van der Waals surface area contributed by atoms with E-state index in [1.807, 2.05) is 22.6 Å². The van der Waals surface area contributed by atoms with Crippen LogP contribution in [-0.2, 0) is 23.9 Å². The average Bonchev–Trinajstić information content (AvgIpc) is 2.54. The van der Waals surface area contributed by atoms with Gasteiger partial charge in [-0.05, 0) is 67.8 Å². The second-order valence-electron chi connectivity index (χ2n) is 5.26. The monoisotopic (exact) mass is 730 g/mol. The van der Waals surface area contributed by atoms with E-state index in [0.29, 0.717) is 10.7 Å². The largest absolute Gasteiger partial charge is 0.481 e. The molecule has 0 heterocycles. The number of halogens is 3. The molecular weight excluding hydrogens is 717 g/mol. The van der Waals surface area contributed by atoms with Gasteiger partial charge in [-0.15, -0.1) is 0 Å². The second-order valence-corrected chi connectivity index (χ2v) is 8.49. The third-order valence-corrected chi connectivity index (χ3v) is 6.34. The smallest absolute Gasteiger partial charge is 0.340 e. The van der Waals surface area contributed by atoms with E-state index in [-0.39, 0.29) is 16.9 Å². The van der Waals surface area contributed by atoms with Crippen molar-refractivity contribution < 1.29 is 38.9 Å². The van der Waals surface area contributed by atoms with Gasteiger partial charge >= 0.3 is 17.9 Å². The summed E-state index contributed by atoms with van der Waals surface area (Å²) in [4.78, 5) is 57.5. The van der Waals surface area contributed by atoms with Crippen LogP contribution in [0.25, 0.3) is 0 Å². The first-order valence-electron chi connectivity index (χ1n) is 7.26. The first-order chi connectivity index (χ1) is 12.9. The number of hydrogen-bond acceptors (Lipinski definition) is 6. The number of aliphatic carboxylic acids is 2. The molecule has 0 aliphatic heterocycles. The zero-order valence-corrected chi connectivity index (χ0v) is 20.7.